The van der Waals surface area contributed by atoms with E-state index in [2.05, 4.69) is 35.8 Å². The number of amidine groups is 1. The third-order valence-corrected chi connectivity index (χ3v) is 5.23. The fourth-order valence-electron chi connectivity index (χ4n) is 3.53. The topological polar surface area (TPSA) is 114 Å². The number of amides is 1. The van der Waals surface area contributed by atoms with Gasteiger partial charge in [0.05, 0.1) is 12.6 Å². The van der Waals surface area contributed by atoms with Crippen LogP contribution in [0.15, 0.2) is 51.3 Å². The highest BCUT2D eigenvalue weighted by atomic mass is 16.2. The van der Waals surface area contributed by atoms with Crippen LogP contribution >= 0.6 is 0 Å². The van der Waals surface area contributed by atoms with Crippen molar-refractivity contribution in [2.24, 2.45) is 9.98 Å². The van der Waals surface area contributed by atoms with Crippen LogP contribution in [0.5, 0.6) is 0 Å². The number of hydrogen-bond donors (Lipinski definition) is 4. The molecule has 9 heteroatoms. The fraction of sp³-hybridized carbons (Fsp3) is 0.333. The summed E-state index contributed by atoms with van der Waals surface area (Å²) in [5, 5.41) is 9.29. The van der Waals surface area contributed by atoms with Gasteiger partial charge in [0.1, 0.15) is 11.5 Å². The largest absolute Gasteiger partial charge is 0.369 e. The van der Waals surface area contributed by atoms with Crippen molar-refractivity contribution in [3.05, 3.63) is 58.0 Å². The zero-order valence-corrected chi connectivity index (χ0v) is 16.8. The standard InChI is InChI=1S/C21H25N7O2/c1-22-19-13-24-12-18(26-19)15-10-17(21(30)25-11-15)27-20(29)14-2-4-16(5-3-14)28-8-6-23-7-9-28/h2-5,10-12,18,23H,6-9,13H2,1H3,(H,22,26)(H,25,30)(H,27,29). The molecule has 0 aliphatic carbocycles. The number of benzene rings is 1. The van der Waals surface area contributed by atoms with E-state index in [4.69, 9.17) is 0 Å². The van der Waals surface area contributed by atoms with Gasteiger partial charge in [0.15, 0.2) is 0 Å². The third kappa shape index (κ3) is 4.41. The van der Waals surface area contributed by atoms with Crippen LogP contribution in [-0.4, -0.2) is 62.7 Å². The van der Waals surface area contributed by atoms with Crippen molar-refractivity contribution in [2.45, 2.75) is 6.04 Å². The zero-order chi connectivity index (χ0) is 20.9. The second-order valence-electron chi connectivity index (χ2n) is 7.20. The molecule has 2 aromatic rings. The van der Waals surface area contributed by atoms with Gasteiger partial charge in [0, 0.05) is 56.9 Å². The average molecular weight is 407 g/mol. The molecule has 1 aromatic heterocycles. The molecule has 30 heavy (non-hydrogen) atoms. The molecule has 0 spiro atoms. The van der Waals surface area contributed by atoms with Gasteiger partial charge in [-0.3, -0.25) is 19.6 Å². The number of piperazine rings is 1. The maximum absolute atomic E-state index is 12.7. The Bertz CT molecular complexity index is 1020. The first-order chi connectivity index (χ1) is 14.6. The number of carbonyl (C=O) groups is 1. The molecule has 1 aromatic carbocycles. The molecule has 9 nitrogen and oxygen atoms in total. The predicted molar refractivity (Wildman–Crippen MR) is 119 cm³/mol. The molecule has 0 saturated carbocycles. The van der Waals surface area contributed by atoms with Gasteiger partial charge in [-0.15, -0.1) is 0 Å². The molecule has 4 N–H and O–H groups in total. The van der Waals surface area contributed by atoms with Crippen molar-refractivity contribution in [2.75, 3.05) is 50.0 Å². The lowest BCUT2D eigenvalue weighted by Gasteiger charge is -2.29. The Labute approximate surface area is 174 Å². The molecule has 1 saturated heterocycles. The summed E-state index contributed by atoms with van der Waals surface area (Å²) in [6, 6.07) is 8.88. The first kappa shape index (κ1) is 19.8. The van der Waals surface area contributed by atoms with Gasteiger partial charge in [-0.2, -0.15) is 0 Å². The number of pyridine rings is 1. The number of aliphatic imine (C=N–C) groups is 2. The van der Waals surface area contributed by atoms with Crippen LogP contribution in [0.3, 0.4) is 0 Å². The number of aromatic amines is 1. The molecule has 1 unspecified atom stereocenters. The van der Waals surface area contributed by atoms with Crippen LogP contribution < -0.4 is 26.4 Å². The SMILES string of the molecule is CN=C1CN=CC(c2c[nH]c(=O)c(NC(=O)c3ccc(N4CCNCC4)cc3)c2)N1. The van der Waals surface area contributed by atoms with Crippen molar-refractivity contribution in [1.29, 1.82) is 0 Å². The maximum atomic E-state index is 12.7. The van der Waals surface area contributed by atoms with Gasteiger partial charge in [-0.05, 0) is 35.9 Å². The number of rotatable bonds is 4. The summed E-state index contributed by atoms with van der Waals surface area (Å²) >= 11 is 0. The minimum Gasteiger partial charge on any atom is -0.369 e. The highest BCUT2D eigenvalue weighted by Gasteiger charge is 2.17. The van der Waals surface area contributed by atoms with E-state index in [0.29, 0.717) is 12.1 Å². The monoisotopic (exact) mass is 407 g/mol. The molecule has 1 amide bonds. The number of hydrogen-bond acceptors (Lipinski definition) is 6. The lowest BCUT2D eigenvalue weighted by Crippen LogP contribution is -2.43. The average Bonchev–Trinajstić information content (AvgIpc) is 2.81. The molecule has 2 aliphatic rings. The van der Waals surface area contributed by atoms with Gasteiger partial charge in [-0.25, -0.2) is 0 Å². The van der Waals surface area contributed by atoms with Crippen LogP contribution in [0.1, 0.15) is 22.0 Å². The number of carbonyl (C=O) groups excluding carboxylic acids is 1. The van der Waals surface area contributed by atoms with Gasteiger partial charge >= 0.3 is 0 Å². The van der Waals surface area contributed by atoms with Crippen LogP contribution in [-0.2, 0) is 0 Å². The summed E-state index contributed by atoms with van der Waals surface area (Å²) in [5.74, 6) is 0.439. The number of H-pyrrole nitrogens is 1. The Kier molecular flexibility index (Phi) is 5.89. The molecular weight excluding hydrogens is 382 g/mol. The lowest BCUT2D eigenvalue weighted by atomic mass is 10.1. The van der Waals surface area contributed by atoms with Crippen molar-refractivity contribution in [3.8, 4) is 0 Å². The summed E-state index contributed by atoms with van der Waals surface area (Å²) in [6.45, 7) is 4.29. The molecule has 1 fully saturated rings. The fourth-order valence-corrected chi connectivity index (χ4v) is 3.53. The number of nitrogens with one attached hydrogen (secondary N) is 4. The Balaban J connectivity index is 1.48. The molecule has 0 bridgehead atoms. The second-order valence-corrected chi connectivity index (χ2v) is 7.20. The van der Waals surface area contributed by atoms with E-state index < -0.39 is 0 Å². The van der Waals surface area contributed by atoms with Gasteiger partial charge in [-0.1, -0.05) is 0 Å². The van der Waals surface area contributed by atoms with Crippen LogP contribution in [0.4, 0.5) is 11.4 Å². The molecule has 156 valence electrons. The maximum Gasteiger partial charge on any atom is 0.271 e. The van der Waals surface area contributed by atoms with E-state index in [0.717, 1.165) is 43.3 Å². The summed E-state index contributed by atoms with van der Waals surface area (Å²) in [4.78, 5) is 38.3. The van der Waals surface area contributed by atoms with Crippen molar-refractivity contribution >= 4 is 29.3 Å². The van der Waals surface area contributed by atoms with E-state index in [9.17, 15) is 9.59 Å². The minimum absolute atomic E-state index is 0.194. The smallest absolute Gasteiger partial charge is 0.271 e. The van der Waals surface area contributed by atoms with Crippen LogP contribution in [0, 0.1) is 0 Å². The minimum atomic E-state index is -0.360. The quantitative estimate of drug-likeness (QED) is 0.598. The summed E-state index contributed by atoms with van der Waals surface area (Å²) in [5.41, 5.74) is 2.20. The Morgan fingerprint density at radius 3 is 2.73 bits per heavy atom. The van der Waals surface area contributed by atoms with Crippen LogP contribution in [0.2, 0.25) is 0 Å². The normalized spacial score (nSPS) is 20.1. The van der Waals surface area contributed by atoms with E-state index in [1.165, 1.54) is 0 Å². The van der Waals surface area contributed by atoms with Crippen LogP contribution in [0.25, 0.3) is 0 Å². The van der Waals surface area contributed by atoms with Gasteiger partial charge < -0.3 is 25.8 Å². The van der Waals surface area contributed by atoms with Crippen molar-refractivity contribution in [3.63, 3.8) is 0 Å². The molecule has 1 atom stereocenters. The molecule has 3 heterocycles. The Morgan fingerprint density at radius 2 is 2.00 bits per heavy atom. The number of nitrogens with zero attached hydrogens (tertiary/aromatic N) is 3. The first-order valence-corrected chi connectivity index (χ1v) is 9.96. The lowest BCUT2D eigenvalue weighted by molar-refractivity contribution is 0.102. The number of anilines is 2. The van der Waals surface area contributed by atoms with E-state index in [1.807, 2.05) is 12.1 Å². The highest BCUT2D eigenvalue weighted by molar-refractivity contribution is 6.04. The predicted octanol–water partition coefficient (Wildman–Crippen LogP) is 0.780. The third-order valence-electron chi connectivity index (χ3n) is 5.23. The molecule has 4 rings (SSSR count). The summed E-state index contributed by atoms with van der Waals surface area (Å²) < 4.78 is 0. The highest BCUT2D eigenvalue weighted by Crippen LogP contribution is 2.18. The van der Waals surface area contributed by atoms with E-state index in [-0.39, 0.29) is 23.2 Å². The second kappa shape index (κ2) is 8.91. The molecule has 2 aliphatic heterocycles. The summed E-state index contributed by atoms with van der Waals surface area (Å²) in [7, 11) is 1.70. The molecular formula is C21H25N7O2. The van der Waals surface area contributed by atoms with Crippen molar-refractivity contribution in [1.82, 2.24) is 15.6 Å². The number of aromatic nitrogens is 1. The summed E-state index contributed by atoms with van der Waals surface area (Å²) in [6.07, 6.45) is 3.38. The van der Waals surface area contributed by atoms with Crippen molar-refractivity contribution < 1.29 is 4.79 Å². The van der Waals surface area contributed by atoms with Gasteiger partial charge in [0.25, 0.3) is 11.5 Å². The van der Waals surface area contributed by atoms with E-state index in [1.54, 1.807) is 37.7 Å². The van der Waals surface area contributed by atoms with Gasteiger partial charge in [0.2, 0.25) is 0 Å². The Morgan fingerprint density at radius 1 is 1.23 bits per heavy atom. The molecule has 0 radical (unpaired) electrons. The zero-order valence-electron chi connectivity index (χ0n) is 16.8. The Hall–Kier alpha value is -3.46. The first-order valence-electron chi connectivity index (χ1n) is 9.96. The van der Waals surface area contributed by atoms with E-state index >= 15 is 0 Å².